The summed E-state index contributed by atoms with van der Waals surface area (Å²) < 4.78 is 6.43. The maximum atomic E-state index is 11.6. The Morgan fingerprint density at radius 3 is 3.03 bits per heavy atom. The van der Waals surface area contributed by atoms with Crippen LogP contribution in [0.25, 0.3) is 10.9 Å². The van der Waals surface area contributed by atoms with Crippen LogP contribution in [-0.2, 0) is 17.7 Å². The Balaban J connectivity index is 1.34. The molecule has 0 saturated heterocycles. The van der Waals surface area contributed by atoms with Crippen LogP contribution >= 0.6 is 11.6 Å². The fraction of sp³-hybridized carbons (Fsp3) is 0.455. The Labute approximate surface area is 179 Å². The lowest BCUT2D eigenvalue weighted by atomic mass is 9.65. The molecular formula is C22H24ClN5O2. The van der Waals surface area contributed by atoms with E-state index in [1.807, 2.05) is 18.2 Å². The van der Waals surface area contributed by atoms with Gasteiger partial charge in [0.1, 0.15) is 0 Å². The van der Waals surface area contributed by atoms with E-state index in [1.54, 1.807) is 10.9 Å². The maximum absolute atomic E-state index is 11.6. The van der Waals surface area contributed by atoms with Crippen LogP contribution in [0.4, 0.5) is 5.69 Å². The van der Waals surface area contributed by atoms with E-state index in [0.29, 0.717) is 22.8 Å². The van der Waals surface area contributed by atoms with Crippen molar-refractivity contribution >= 4 is 34.2 Å². The largest absolute Gasteiger partial charge is 0.464 e. The number of hydrogen-bond donors (Lipinski definition) is 1. The number of methoxy groups -OCH3 is 1. The van der Waals surface area contributed by atoms with E-state index in [0.717, 1.165) is 48.1 Å². The van der Waals surface area contributed by atoms with Gasteiger partial charge in [-0.3, -0.25) is 9.67 Å². The van der Waals surface area contributed by atoms with Crippen molar-refractivity contribution < 1.29 is 9.53 Å². The first-order chi connectivity index (χ1) is 14.5. The summed E-state index contributed by atoms with van der Waals surface area (Å²) in [5.74, 6) is 1.21. The zero-order chi connectivity index (χ0) is 20.8. The molecular weight excluding hydrogens is 402 g/mol. The normalized spacial score (nSPS) is 22.7. The van der Waals surface area contributed by atoms with Crippen molar-refractivity contribution in [2.75, 3.05) is 12.8 Å². The molecule has 156 valence electrons. The molecule has 30 heavy (non-hydrogen) atoms. The van der Waals surface area contributed by atoms with Gasteiger partial charge in [0.2, 0.25) is 0 Å². The first kappa shape index (κ1) is 19.3. The monoisotopic (exact) mass is 425 g/mol. The summed E-state index contributed by atoms with van der Waals surface area (Å²) >= 11 is 6.16. The minimum absolute atomic E-state index is 0.248. The number of anilines is 1. The molecule has 0 amide bonds. The molecule has 2 aliphatic carbocycles. The summed E-state index contributed by atoms with van der Waals surface area (Å²) in [4.78, 5) is 16.5. The van der Waals surface area contributed by atoms with Crippen molar-refractivity contribution in [2.24, 2.45) is 11.8 Å². The molecule has 2 aliphatic rings. The minimum atomic E-state index is -0.457. The number of nitrogens with zero attached hydrogens (tertiary/aromatic N) is 4. The molecule has 0 spiro atoms. The van der Waals surface area contributed by atoms with Gasteiger partial charge < -0.3 is 10.5 Å². The summed E-state index contributed by atoms with van der Waals surface area (Å²) in [5.41, 5.74) is 11.0. The highest BCUT2D eigenvalue weighted by molar-refractivity contribution is 6.31. The molecule has 1 saturated carbocycles. The van der Waals surface area contributed by atoms with Crippen LogP contribution in [0.15, 0.2) is 24.4 Å². The molecule has 7 nitrogen and oxygen atoms in total. The average Bonchev–Trinajstić information content (AvgIpc) is 3.20. The van der Waals surface area contributed by atoms with Crippen molar-refractivity contribution in [1.82, 2.24) is 20.0 Å². The Hall–Kier alpha value is -2.67. The number of aromatic nitrogens is 4. The van der Waals surface area contributed by atoms with E-state index < -0.39 is 5.97 Å². The van der Waals surface area contributed by atoms with Crippen LogP contribution < -0.4 is 5.73 Å². The summed E-state index contributed by atoms with van der Waals surface area (Å²) in [6.07, 6.45) is 7.11. The zero-order valence-electron chi connectivity index (χ0n) is 16.8. The third-order valence-corrected chi connectivity index (χ3v) is 6.83. The number of ether oxygens (including phenoxy) is 1. The van der Waals surface area contributed by atoms with Crippen LogP contribution in [-0.4, -0.2) is 33.1 Å². The number of rotatable bonds is 4. The molecule has 2 bridgehead atoms. The number of benzene rings is 1. The molecule has 1 fully saturated rings. The molecule has 3 unspecified atom stereocenters. The van der Waals surface area contributed by atoms with Crippen molar-refractivity contribution in [3.63, 3.8) is 0 Å². The molecule has 1 aromatic carbocycles. The van der Waals surface area contributed by atoms with E-state index in [9.17, 15) is 4.79 Å². The standard InChI is InChI=1S/C22H24ClN5O2/c1-30-22(29)19-11-28(27-26-19)5-4-12-6-13-8-14(7-12)20-18(9-13)25-17-10-15(23)2-3-16(17)21(20)24/h2-3,10-14H,4-9H2,1H3,(H2,24,25). The lowest BCUT2D eigenvalue weighted by molar-refractivity contribution is 0.0594. The average molecular weight is 426 g/mol. The smallest absolute Gasteiger partial charge is 0.360 e. The number of nitrogens with two attached hydrogens (primary N) is 1. The fourth-order valence-electron chi connectivity index (χ4n) is 5.34. The van der Waals surface area contributed by atoms with Gasteiger partial charge in [-0.05, 0) is 68.1 Å². The van der Waals surface area contributed by atoms with Crippen LogP contribution in [0.3, 0.4) is 0 Å². The maximum Gasteiger partial charge on any atom is 0.360 e. The van der Waals surface area contributed by atoms with Gasteiger partial charge in [-0.25, -0.2) is 4.79 Å². The van der Waals surface area contributed by atoms with Gasteiger partial charge in [0.05, 0.1) is 18.8 Å². The van der Waals surface area contributed by atoms with Gasteiger partial charge in [0.25, 0.3) is 0 Å². The second kappa shape index (κ2) is 7.54. The van der Waals surface area contributed by atoms with Crippen molar-refractivity contribution in [2.45, 2.75) is 44.6 Å². The van der Waals surface area contributed by atoms with E-state index >= 15 is 0 Å². The van der Waals surface area contributed by atoms with Crippen LogP contribution in [0.2, 0.25) is 5.02 Å². The van der Waals surface area contributed by atoms with Gasteiger partial charge in [-0.15, -0.1) is 5.10 Å². The number of fused-ring (bicyclic) bond motifs is 5. The number of halogens is 1. The third-order valence-electron chi connectivity index (χ3n) is 6.60. The summed E-state index contributed by atoms with van der Waals surface area (Å²) in [7, 11) is 1.35. The van der Waals surface area contributed by atoms with Crippen molar-refractivity contribution in [3.05, 3.63) is 46.4 Å². The number of carbonyl (C=O) groups excluding carboxylic acids is 1. The van der Waals surface area contributed by atoms with Gasteiger partial charge >= 0.3 is 5.97 Å². The summed E-state index contributed by atoms with van der Waals surface area (Å²) in [6, 6.07) is 5.77. The Morgan fingerprint density at radius 1 is 1.33 bits per heavy atom. The molecule has 3 atom stereocenters. The third kappa shape index (κ3) is 3.41. The topological polar surface area (TPSA) is 95.9 Å². The molecule has 0 radical (unpaired) electrons. The second-order valence-electron chi connectivity index (χ2n) is 8.53. The van der Waals surface area contributed by atoms with Crippen LogP contribution in [0.5, 0.6) is 0 Å². The zero-order valence-corrected chi connectivity index (χ0v) is 17.6. The highest BCUT2D eigenvalue weighted by atomic mass is 35.5. The molecule has 0 aliphatic heterocycles. The predicted octanol–water partition coefficient (Wildman–Crippen LogP) is 3.99. The molecule has 2 aromatic heterocycles. The predicted molar refractivity (Wildman–Crippen MR) is 114 cm³/mol. The minimum Gasteiger partial charge on any atom is -0.464 e. The Bertz CT molecular complexity index is 1130. The number of hydrogen-bond acceptors (Lipinski definition) is 6. The molecule has 2 N–H and O–H groups in total. The summed E-state index contributed by atoms with van der Waals surface area (Å²) in [5, 5.41) is 9.63. The van der Waals surface area contributed by atoms with Crippen LogP contribution in [0, 0.1) is 11.8 Å². The Morgan fingerprint density at radius 2 is 2.20 bits per heavy atom. The number of esters is 1. The highest BCUT2D eigenvalue weighted by Crippen LogP contribution is 2.49. The molecule has 8 heteroatoms. The number of pyridine rings is 1. The van der Waals surface area contributed by atoms with Gasteiger partial charge in [-0.1, -0.05) is 16.8 Å². The van der Waals surface area contributed by atoms with Gasteiger partial charge in [0.15, 0.2) is 5.69 Å². The van der Waals surface area contributed by atoms with E-state index in [-0.39, 0.29) is 5.69 Å². The fourth-order valence-corrected chi connectivity index (χ4v) is 5.51. The number of aryl methyl sites for hydroxylation is 1. The SMILES string of the molecule is COC(=O)c1cn(CCC2CC3Cc4nc5cc(Cl)ccc5c(N)c4C(C2)C3)nn1. The first-order valence-corrected chi connectivity index (χ1v) is 10.8. The van der Waals surface area contributed by atoms with Gasteiger partial charge in [0, 0.05) is 33.9 Å². The first-order valence-electron chi connectivity index (χ1n) is 10.4. The number of nitrogen functional groups attached to an aromatic ring is 1. The summed E-state index contributed by atoms with van der Waals surface area (Å²) in [6.45, 7) is 0.741. The van der Waals surface area contributed by atoms with E-state index in [2.05, 4.69) is 10.3 Å². The highest BCUT2D eigenvalue weighted by Gasteiger charge is 2.37. The molecule has 3 aromatic rings. The van der Waals surface area contributed by atoms with E-state index in [4.69, 9.17) is 27.1 Å². The van der Waals surface area contributed by atoms with Crippen molar-refractivity contribution in [1.29, 1.82) is 0 Å². The lowest BCUT2D eigenvalue weighted by Gasteiger charge is -2.40. The van der Waals surface area contributed by atoms with E-state index in [1.165, 1.54) is 25.5 Å². The Kier molecular flexibility index (Phi) is 4.85. The number of carbonyl (C=O) groups is 1. The van der Waals surface area contributed by atoms with Crippen molar-refractivity contribution in [3.8, 4) is 0 Å². The molecule has 5 rings (SSSR count). The van der Waals surface area contributed by atoms with Crippen LogP contribution in [0.1, 0.15) is 53.3 Å². The van der Waals surface area contributed by atoms with Gasteiger partial charge in [-0.2, -0.15) is 0 Å². The second-order valence-corrected chi connectivity index (χ2v) is 8.97. The quantitative estimate of drug-likeness (QED) is 0.635. The lowest BCUT2D eigenvalue weighted by Crippen LogP contribution is -2.30. The molecule has 2 heterocycles.